The van der Waals surface area contributed by atoms with Crippen molar-refractivity contribution >= 4 is 17.7 Å². The van der Waals surface area contributed by atoms with E-state index in [9.17, 15) is 19.5 Å². The van der Waals surface area contributed by atoms with Gasteiger partial charge in [-0.25, -0.2) is 0 Å². The first-order chi connectivity index (χ1) is 19.0. The third-order valence-corrected chi connectivity index (χ3v) is 8.04. The maximum Gasteiger partial charge on any atom is 0.251 e. The molecule has 5 rings (SSSR count). The van der Waals surface area contributed by atoms with Crippen LogP contribution in [0.2, 0.25) is 0 Å². The van der Waals surface area contributed by atoms with Crippen LogP contribution < -0.4 is 15.4 Å². The minimum absolute atomic E-state index is 0.0462. The summed E-state index contributed by atoms with van der Waals surface area (Å²) in [6.45, 7) is 5.23. The van der Waals surface area contributed by atoms with E-state index in [2.05, 4.69) is 21.6 Å². The first-order valence-corrected chi connectivity index (χ1v) is 13.9. The predicted molar refractivity (Wildman–Crippen MR) is 144 cm³/mol. The van der Waals surface area contributed by atoms with Crippen molar-refractivity contribution in [2.45, 2.75) is 44.8 Å². The van der Waals surface area contributed by atoms with Gasteiger partial charge in [0, 0.05) is 44.1 Å². The first kappa shape index (κ1) is 27.3. The Labute approximate surface area is 228 Å². The third-order valence-electron chi connectivity index (χ3n) is 8.04. The summed E-state index contributed by atoms with van der Waals surface area (Å²) in [5.74, 6) is 0.0668. The topological polar surface area (TPSA) is 117 Å². The average Bonchev–Trinajstić information content (AvgIpc) is 3.26. The summed E-state index contributed by atoms with van der Waals surface area (Å²) < 4.78 is 11.2. The molecule has 2 fully saturated rings. The molecule has 9 heteroatoms. The number of hydrogen-bond acceptors (Lipinski definition) is 7. The van der Waals surface area contributed by atoms with Crippen LogP contribution in [-0.4, -0.2) is 67.2 Å². The number of carbonyl (C=O) groups excluding carboxylic acids is 3. The van der Waals surface area contributed by atoms with Crippen LogP contribution in [0.3, 0.4) is 0 Å². The predicted octanol–water partition coefficient (Wildman–Crippen LogP) is 2.37. The minimum Gasteiger partial charge on any atom is -0.492 e. The monoisotopic (exact) mass is 535 g/mol. The Morgan fingerprint density at radius 1 is 1.10 bits per heavy atom. The molecule has 2 heterocycles. The molecule has 0 aromatic heterocycles. The number of fused-ring (bicyclic) bond motifs is 1. The number of hydrogen-bond donors (Lipinski definition) is 3. The van der Waals surface area contributed by atoms with E-state index in [1.54, 1.807) is 12.1 Å². The van der Waals surface area contributed by atoms with Crippen LogP contribution in [0.4, 0.5) is 0 Å². The molecule has 2 saturated heterocycles. The molecule has 2 aliphatic heterocycles. The smallest absolute Gasteiger partial charge is 0.251 e. The molecule has 3 atom stereocenters. The van der Waals surface area contributed by atoms with Gasteiger partial charge >= 0.3 is 0 Å². The molecule has 3 unspecified atom stereocenters. The number of imide groups is 1. The van der Waals surface area contributed by atoms with Crippen LogP contribution in [0.1, 0.15) is 58.8 Å². The lowest BCUT2D eigenvalue weighted by atomic mass is 9.88. The fraction of sp³-hybridized carbons (Fsp3) is 0.500. The summed E-state index contributed by atoms with van der Waals surface area (Å²) in [5.41, 5.74) is 3.55. The van der Waals surface area contributed by atoms with Gasteiger partial charge in [-0.1, -0.05) is 18.2 Å². The molecule has 0 spiro atoms. The molecule has 208 valence electrons. The largest absolute Gasteiger partial charge is 0.492 e. The number of ether oxygens (including phenoxy) is 2. The lowest BCUT2D eigenvalue weighted by Crippen LogP contribution is -2.40. The van der Waals surface area contributed by atoms with Gasteiger partial charge in [-0.15, -0.1) is 0 Å². The molecule has 3 amide bonds. The van der Waals surface area contributed by atoms with Crippen LogP contribution in [0, 0.1) is 11.8 Å². The second kappa shape index (κ2) is 12.7. The van der Waals surface area contributed by atoms with Crippen LogP contribution >= 0.6 is 0 Å². The first-order valence-electron chi connectivity index (χ1n) is 13.9. The molecule has 0 saturated carbocycles. The molecule has 2 aromatic rings. The van der Waals surface area contributed by atoms with Crippen LogP contribution in [-0.2, 0) is 27.3 Å². The van der Waals surface area contributed by atoms with Crippen molar-refractivity contribution in [3.63, 3.8) is 0 Å². The molecule has 2 aromatic carbocycles. The van der Waals surface area contributed by atoms with E-state index in [0.29, 0.717) is 38.0 Å². The van der Waals surface area contributed by atoms with E-state index in [-0.39, 0.29) is 29.6 Å². The Bertz CT molecular complexity index is 1180. The lowest BCUT2D eigenvalue weighted by molar-refractivity contribution is -0.136. The Morgan fingerprint density at radius 3 is 2.67 bits per heavy atom. The van der Waals surface area contributed by atoms with E-state index < -0.39 is 6.10 Å². The fourth-order valence-corrected chi connectivity index (χ4v) is 5.68. The molecule has 0 radical (unpaired) electrons. The fourth-order valence-electron chi connectivity index (χ4n) is 5.68. The van der Waals surface area contributed by atoms with Gasteiger partial charge in [0.15, 0.2) is 0 Å². The Hall–Kier alpha value is -3.27. The second-order valence-electron chi connectivity index (χ2n) is 10.7. The van der Waals surface area contributed by atoms with Crippen LogP contribution in [0.5, 0.6) is 5.75 Å². The van der Waals surface area contributed by atoms with Crippen molar-refractivity contribution in [2.75, 3.05) is 39.5 Å². The summed E-state index contributed by atoms with van der Waals surface area (Å²) in [5, 5.41) is 16.2. The molecular formula is C30H37N3O6. The van der Waals surface area contributed by atoms with Gasteiger partial charge in [-0.3, -0.25) is 24.6 Å². The number of nitrogens with zero attached hydrogens (tertiary/aromatic N) is 1. The van der Waals surface area contributed by atoms with Gasteiger partial charge in [0.05, 0.1) is 19.3 Å². The molecule has 1 aliphatic carbocycles. The highest BCUT2D eigenvalue weighted by molar-refractivity contribution is 5.98. The quantitative estimate of drug-likeness (QED) is 0.400. The van der Waals surface area contributed by atoms with Crippen LogP contribution in [0.25, 0.3) is 0 Å². The second-order valence-corrected chi connectivity index (χ2v) is 10.7. The zero-order valence-corrected chi connectivity index (χ0v) is 22.2. The van der Waals surface area contributed by atoms with E-state index in [0.717, 1.165) is 68.1 Å². The molecule has 0 bridgehead atoms. The van der Waals surface area contributed by atoms with E-state index >= 15 is 0 Å². The zero-order valence-electron chi connectivity index (χ0n) is 22.2. The maximum atomic E-state index is 12.7. The number of nitrogens with one attached hydrogen (secondary N) is 2. The van der Waals surface area contributed by atoms with Crippen molar-refractivity contribution in [1.82, 2.24) is 15.5 Å². The van der Waals surface area contributed by atoms with Gasteiger partial charge in [-0.2, -0.15) is 0 Å². The van der Waals surface area contributed by atoms with Crippen molar-refractivity contribution in [3.8, 4) is 5.75 Å². The lowest BCUT2D eigenvalue weighted by Gasteiger charge is -2.26. The Kier molecular flexibility index (Phi) is 8.91. The number of amides is 3. The molecule has 3 aliphatic rings. The molecule has 9 nitrogen and oxygen atoms in total. The number of aliphatic hydroxyl groups excluding tert-OH is 1. The molecular weight excluding hydrogens is 498 g/mol. The highest BCUT2D eigenvalue weighted by Crippen LogP contribution is 2.40. The normalized spacial score (nSPS) is 23.3. The van der Waals surface area contributed by atoms with Crippen molar-refractivity contribution in [3.05, 3.63) is 64.7 Å². The number of piperidine rings is 1. The number of morpholine rings is 1. The number of rotatable bonds is 10. The molecule has 3 N–H and O–H groups in total. The standard InChI is InChI=1S/C30H37N3O6/c34-27-10-6-22(30(37)32-27)2-3-23-18-24-17-20(1-9-26(24)28(23)35)19-31-29(36)21-4-7-25(8-5-21)39-16-13-33-11-14-38-15-12-33/h1,4-5,7-9,17,22-23,28,35H,2-3,6,10-16,18-19H2,(H,31,36)(H,32,34,37). The maximum absolute atomic E-state index is 12.7. The van der Waals surface area contributed by atoms with Crippen molar-refractivity contribution in [1.29, 1.82) is 0 Å². The van der Waals surface area contributed by atoms with Gasteiger partial charge in [0.2, 0.25) is 11.8 Å². The van der Waals surface area contributed by atoms with Crippen molar-refractivity contribution in [2.24, 2.45) is 11.8 Å². The summed E-state index contributed by atoms with van der Waals surface area (Å²) in [4.78, 5) is 38.4. The van der Waals surface area contributed by atoms with Gasteiger partial charge in [0.25, 0.3) is 5.91 Å². The summed E-state index contributed by atoms with van der Waals surface area (Å²) in [7, 11) is 0. The third kappa shape index (κ3) is 7.03. The summed E-state index contributed by atoms with van der Waals surface area (Å²) in [6.07, 6.45) is 2.52. The van der Waals surface area contributed by atoms with Gasteiger partial charge < -0.3 is 19.9 Å². The number of carbonyl (C=O) groups is 3. The number of benzene rings is 2. The van der Waals surface area contributed by atoms with E-state index in [1.165, 1.54) is 0 Å². The van der Waals surface area contributed by atoms with Gasteiger partial charge in [0.1, 0.15) is 12.4 Å². The summed E-state index contributed by atoms with van der Waals surface area (Å²) in [6, 6.07) is 13.1. The van der Waals surface area contributed by atoms with Crippen molar-refractivity contribution < 1.29 is 29.0 Å². The van der Waals surface area contributed by atoms with Gasteiger partial charge in [-0.05, 0) is 72.6 Å². The average molecular weight is 536 g/mol. The van der Waals surface area contributed by atoms with E-state index in [1.807, 2.05) is 24.3 Å². The Morgan fingerprint density at radius 2 is 1.90 bits per heavy atom. The minimum atomic E-state index is -0.563. The zero-order chi connectivity index (χ0) is 27.2. The Balaban J connectivity index is 1.07. The highest BCUT2D eigenvalue weighted by atomic mass is 16.5. The van der Waals surface area contributed by atoms with E-state index in [4.69, 9.17) is 9.47 Å². The van der Waals surface area contributed by atoms with Crippen LogP contribution in [0.15, 0.2) is 42.5 Å². The molecule has 39 heavy (non-hydrogen) atoms. The highest BCUT2D eigenvalue weighted by Gasteiger charge is 2.33. The number of aliphatic hydroxyl groups is 1. The summed E-state index contributed by atoms with van der Waals surface area (Å²) >= 11 is 0. The SMILES string of the molecule is O=C1CCC(CCC2Cc3cc(CNC(=O)c4ccc(OCCN5CCOCC5)cc4)ccc3C2O)C(=O)N1.